The molecule has 0 bridgehead atoms. The van der Waals surface area contributed by atoms with E-state index in [4.69, 9.17) is 12.2 Å². The first-order valence-electron chi connectivity index (χ1n) is 13.5. The predicted octanol–water partition coefficient (Wildman–Crippen LogP) is 11.4. The van der Waals surface area contributed by atoms with Crippen molar-refractivity contribution in [3.8, 4) is 0 Å². The Bertz CT molecular complexity index is 324. The first kappa shape index (κ1) is 30.8. The Balaban J connectivity index is 3.47. The van der Waals surface area contributed by atoms with E-state index in [1.165, 1.54) is 132 Å². The zero-order chi connectivity index (χ0) is 22.3. The highest BCUT2D eigenvalue weighted by atomic mass is 32.2. The van der Waals surface area contributed by atoms with E-state index in [9.17, 15) is 0 Å². The molecule has 0 aromatic rings. The van der Waals surface area contributed by atoms with Crippen LogP contribution in [0.4, 0.5) is 0 Å². The highest BCUT2D eigenvalue weighted by Crippen LogP contribution is 2.30. The summed E-state index contributed by atoms with van der Waals surface area (Å²) in [4.78, 5) is 0. The molecule has 0 amide bonds. The molecule has 0 rings (SSSR count). The average molecular weight is 475 g/mol. The van der Waals surface area contributed by atoms with Gasteiger partial charge < -0.3 is 0 Å². The van der Waals surface area contributed by atoms with Crippen LogP contribution in [0.2, 0.25) is 0 Å². The van der Waals surface area contributed by atoms with Crippen molar-refractivity contribution in [2.75, 3.05) is 0 Å². The fraction of sp³-hybridized carbons (Fsp3) is 0.963. The average Bonchev–Trinajstić information content (AvgIpc) is 2.71. The van der Waals surface area contributed by atoms with Crippen LogP contribution in [0.15, 0.2) is 0 Å². The minimum absolute atomic E-state index is 0.689. The molecule has 0 aliphatic carbocycles. The molecule has 0 aromatic carbocycles. The van der Waals surface area contributed by atoms with Gasteiger partial charge in [-0.1, -0.05) is 155 Å². The fourth-order valence-electron chi connectivity index (χ4n) is 3.96. The molecule has 0 N–H and O–H groups in total. The molecule has 180 valence electrons. The van der Waals surface area contributed by atoms with Gasteiger partial charge in [0, 0.05) is 10.5 Å². The van der Waals surface area contributed by atoms with E-state index in [1.807, 2.05) is 23.5 Å². The summed E-state index contributed by atoms with van der Waals surface area (Å²) in [6.07, 6.45) is 28.2. The summed E-state index contributed by atoms with van der Waals surface area (Å²) < 4.78 is 1.18. The van der Waals surface area contributed by atoms with Crippen molar-refractivity contribution in [2.45, 2.75) is 167 Å². The highest BCUT2D eigenvalue weighted by Gasteiger charge is 2.11. The highest BCUT2D eigenvalue weighted by molar-refractivity contribution is 8.47. The molecule has 2 unspecified atom stereocenters. The van der Waals surface area contributed by atoms with Crippen molar-refractivity contribution in [1.29, 1.82) is 0 Å². The van der Waals surface area contributed by atoms with Gasteiger partial charge in [0.1, 0.15) is 3.53 Å². The zero-order valence-corrected chi connectivity index (χ0v) is 23.5. The number of thiocarbonyl (C=S) groups is 1. The van der Waals surface area contributed by atoms with Gasteiger partial charge >= 0.3 is 0 Å². The van der Waals surface area contributed by atoms with Crippen molar-refractivity contribution < 1.29 is 0 Å². The van der Waals surface area contributed by atoms with Crippen LogP contribution in [-0.4, -0.2) is 14.0 Å². The van der Waals surface area contributed by atoms with E-state index >= 15 is 0 Å². The standard InChI is InChI=1S/C27H54S3/c1-5-7-9-11-13-15-17-19-21-23-25(3)29-27(28)30-26(4)24-22-20-18-16-14-12-10-8-6-2/h25-26H,5-24H2,1-4H3. The Kier molecular flexibility index (Phi) is 25.1. The van der Waals surface area contributed by atoms with Crippen LogP contribution in [0.3, 0.4) is 0 Å². The van der Waals surface area contributed by atoms with Crippen molar-refractivity contribution in [3.05, 3.63) is 0 Å². The largest absolute Gasteiger partial charge is 0.105 e. The van der Waals surface area contributed by atoms with E-state index < -0.39 is 0 Å². The third kappa shape index (κ3) is 23.5. The maximum absolute atomic E-state index is 5.67. The molecule has 0 aromatic heterocycles. The monoisotopic (exact) mass is 474 g/mol. The van der Waals surface area contributed by atoms with Gasteiger partial charge in [-0.15, -0.1) is 23.5 Å². The third-order valence-electron chi connectivity index (χ3n) is 6.02. The number of hydrogen-bond acceptors (Lipinski definition) is 3. The molecular formula is C27H54S3. The van der Waals surface area contributed by atoms with Gasteiger partial charge in [0.15, 0.2) is 0 Å². The van der Waals surface area contributed by atoms with Gasteiger partial charge in [-0.05, 0) is 12.8 Å². The second kappa shape index (κ2) is 24.4. The summed E-state index contributed by atoms with van der Waals surface area (Å²) in [5.74, 6) is 0. The molecule has 0 aliphatic rings. The van der Waals surface area contributed by atoms with Gasteiger partial charge in [-0.25, -0.2) is 0 Å². The minimum Gasteiger partial charge on any atom is -0.105 e. The first-order chi connectivity index (χ1) is 14.6. The lowest BCUT2D eigenvalue weighted by Crippen LogP contribution is -2.03. The molecule has 0 heterocycles. The van der Waals surface area contributed by atoms with Crippen molar-refractivity contribution in [2.24, 2.45) is 0 Å². The summed E-state index contributed by atoms with van der Waals surface area (Å²) in [6.45, 7) is 9.32. The van der Waals surface area contributed by atoms with Crippen LogP contribution < -0.4 is 0 Å². The van der Waals surface area contributed by atoms with E-state index in [0.29, 0.717) is 10.5 Å². The second-order valence-corrected chi connectivity index (χ2v) is 13.4. The van der Waals surface area contributed by atoms with E-state index in [0.717, 1.165) is 0 Å². The van der Waals surface area contributed by atoms with Crippen molar-refractivity contribution >= 4 is 39.3 Å². The molecule has 3 heteroatoms. The third-order valence-corrected chi connectivity index (χ3v) is 8.84. The van der Waals surface area contributed by atoms with Crippen LogP contribution in [0.1, 0.15) is 156 Å². The molecule has 0 saturated heterocycles. The van der Waals surface area contributed by atoms with Crippen LogP contribution in [-0.2, 0) is 0 Å². The lowest BCUT2D eigenvalue weighted by atomic mass is 10.1. The van der Waals surface area contributed by atoms with E-state index in [-0.39, 0.29) is 0 Å². The lowest BCUT2D eigenvalue weighted by Gasteiger charge is -2.15. The number of unbranched alkanes of at least 4 members (excludes halogenated alkanes) is 16. The summed E-state index contributed by atoms with van der Waals surface area (Å²) >= 11 is 9.59. The molecule has 2 atom stereocenters. The number of hydrogen-bond donors (Lipinski definition) is 0. The van der Waals surface area contributed by atoms with Gasteiger partial charge in [0.05, 0.1) is 0 Å². The second-order valence-electron chi connectivity index (χ2n) is 9.34. The molecule has 0 fully saturated rings. The molecule has 0 radical (unpaired) electrons. The van der Waals surface area contributed by atoms with Crippen molar-refractivity contribution in [3.63, 3.8) is 0 Å². The normalized spacial score (nSPS) is 13.5. The van der Waals surface area contributed by atoms with Crippen LogP contribution in [0.5, 0.6) is 0 Å². The molecular weight excluding hydrogens is 420 g/mol. The summed E-state index contributed by atoms with van der Waals surface area (Å²) in [5, 5.41) is 1.38. The maximum Gasteiger partial charge on any atom is 0.104 e. The maximum atomic E-state index is 5.67. The zero-order valence-electron chi connectivity index (χ0n) is 21.0. The molecule has 0 nitrogen and oxygen atoms in total. The van der Waals surface area contributed by atoms with Gasteiger partial charge in [-0.3, -0.25) is 0 Å². The quantitative estimate of drug-likeness (QED) is 0.113. The topological polar surface area (TPSA) is 0 Å². The van der Waals surface area contributed by atoms with Crippen molar-refractivity contribution in [1.82, 2.24) is 0 Å². The Morgan fingerprint density at radius 1 is 0.500 bits per heavy atom. The van der Waals surface area contributed by atoms with Gasteiger partial charge in [0.2, 0.25) is 0 Å². The van der Waals surface area contributed by atoms with E-state index in [1.54, 1.807) is 0 Å². The molecule has 0 saturated carbocycles. The summed E-state index contributed by atoms with van der Waals surface area (Å²) in [5.41, 5.74) is 0. The molecule has 30 heavy (non-hydrogen) atoms. The molecule has 0 aliphatic heterocycles. The Morgan fingerprint density at radius 3 is 1.07 bits per heavy atom. The minimum atomic E-state index is 0.689. The fourth-order valence-corrected chi connectivity index (χ4v) is 7.38. The van der Waals surface area contributed by atoms with Gasteiger partial charge in [-0.2, -0.15) is 0 Å². The van der Waals surface area contributed by atoms with Crippen LogP contribution in [0, 0.1) is 0 Å². The Hall–Kier alpha value is 0.790. The van der Waals surface area contributed by atoms with Crippen LogP contribution >= 0.6 is 35.7 Å². The van der Waals surface area contributed by atoms with Gasteiger partial charge in [0.25, 0.3) is 0 Å². The number of thioether (sulfide) groups is 2. The Labute approximate surface area is 205 Å². The summed E-state index contributed by atoms with van der Waals surface area (Å²) in [6, 6.07) is 0. The van der Waals surface area contributed by atoms with E-state index in [2.05, 4.69) is 27.7 Å². The Morgan fingerprint density at radius 2 is 0.767 bits per heavy atom. The smallest absolute Gasteiger partial charge is 0.104 e. The first-order valence-corrected chi connectivity index (χ1v) is 15.6. The number of rotatable bonds is 22. The lowest BCUT2D eigenvalue weighted by molar-refractivity contribution is 0.556. The SMILES string of the molecule is CCCCCCCCCCCC(C)SC(=S)SC(C)CCCCCCCCCCC. The van der Waals surface area contributed by atoms with Crippen LogP contribution in [0.25, 0.3) is 0 Å². The summed E-state index contributed by atoms with van der Waals surface area (Å²) in [7, 11) is 0. The molecule has 0 spiro atoms. The predicted molar refractivity (Wildman–Crippen MR) is 150 cm³/mol.